The van der Waals surface area contributed by atoms with Crippen LogP contribution >= 0.6 is 0 Å². The average molecular weight is 372 g/mol. The van der Waals surface area contributed by atoms with Gasteiger partial charge < -0.3 is 9.64 Å². The number of carbonyl (C=O) groups excluding carboxylic acids is 2. The predicted molar refractivity (Wildman–Crippen MR) is 107 cm³/mol. The van der Waals surface area contributed by atoms with Crippen LogP contribution < -0.4 is 0 Å². The Labute approximate surface area is 163 Å². The summed E-state index contributed by atoms with van der Waals surface area (Å²) in [4.78, 5) is 27.1. The topological polar surface area (TPSA) is 46.6 Å². The first kappa shape index (κ1) is 19.9. The number of aryl methyl sites for hydroxylation is 1. The van der Waals surface area contributed by atoms with E-state index < -0.39 is 5.60 Å². The molecule has 1 aromatic rings. The predicted octanol–water partition coefficient (Wildman–Crippen LogP) is 5.15. The summed E-state index contributed by atoms with van der Waals surface area (Å²) in [6.07, 6.45) is 7.14. The summed E-state index contributed by atoms with van der Waals surface area (Å²) >= 11 is 0. The van der Waals surface area contributed by atoms with E-state index in [1.165, 1.54) is 5.56 Å². The molecule has 27 heavy (non-hydrogen) atoms. The van der Waals surface area contributed by atoms with Crippen molar-refractivity contribution in [1.82, 2.24) is 4.90 Å². The lowest BCUT2D eigenvalue weighted by atomic mass is 9.85. The van der Waals surface area contributed by atoms with Crippen LogP contribution in [0.3, 0.4) is 0 Å². The first-order chi connectivity index (χ1) is 12.8. The molecule has 2 heterocycles. The third-order valence-corrected chi connectivity index (χ3v) is 5.77. The second-order valence-electron chi connectivity index (χ2n) is 9.10. The number of nitrogens with zero attached hydrogens (tertiary/aromatic N) is 1. The van der Waals surface area contributed by atoms with E-state index >= 15 is 0 Å². The highest BCUT2D eigenvalue weighted by Gasteiger charge is 2.46. The van der Waals surface area contributed by atoms with Crippen molar-refractivity contribution in [3.8, 4) is 0 Å². The van der Waals surface area contributed by atoms with E-state index in [0.29, 0.717) is 12.2 Å². The summed E-state index contributed by atoms with van der Waals surface area (Å²) in [5.74, 6) is 0.515. The fourth-order valence-corrected chi connectivity index (χ4v) is 4.53. The minimum absolute atomic E-state index is 0.123. The summed E-state index contributed by atoms with van der Waals surface area (Å²) in [5.41, 5.74) is 0.871. The molecule has 4 nitrogen and oxygen atoms in total. The van der Waals surface area contributed by atoms with E-state index in [2.05, 4.69) is 24.3 Å². The first-order valence-electron chi connectivity index (χ1n) is 10.4. The molecule has 2 atom stereocenters. The Bertz CT molecular complexity index is 635. The molecule has 0 saturated carbocycles. The summed E-state index contributed by atoms with van der Waals surface area (Å²) in [5, 5.41) is 0. The molecular weight excluding hydrogens is 338 g/mol. The number of piperidine rings is 1. The molecule has 3 rings (SSSR count). The van der Waals surface area contributed by atoms with Crippen LogP contribution in [0.1, 0.15) is 71.3 Å². The molecule has 2 saturated heterocycles. The number of carbonyl (C=O) groups is 2. The lowest BCUT2D eigenvalue weighted by Gasteiger charge is -2.39. The van der Waals surface area contributed by atoms with Crippen molar-refractivity contribution >= 4 is 11.9 Å². The molecule has 148 valence electrons. The van der Waals surface area contributed by atoms with Gasteiger partial charge in [-0.15, -0.1) is 0 Å². The number of ether oxygens (including phenoxy) is 1. The quantitative estimate of drug-likeness (QED) is 0.650. The highest BCUT2D eigenvalue weighted by atomic mass is 16.6. The van der Waals surface area contributed by atoms with Gasteiger partial charge in [0.2, 0.25) is 0 Å². The number of rotatable bonds is 6. The highest BCUT2D eigenvalue weighted by molar-refractivity contribution is 5.81. The van der Waals surface area contributed by atoms with E-state index in [1.54, 1.807) is 0 Å². The van der Waals surface area contributed by atoms with Gasteiger partial charge in [-0.05, 0) is 71.3 Å². The standard InChI is InChI=1S/C23H33NO3/c1-23(2,3)27-22(26)24-19-13-14-20(24)16-18(15-19)21(25)12-8-7-11-17-9-5-4-6-10-17/h4-6,9-10,18-20H,7-8,11-16H2,1-3H3. The molecule has 0 radical (unpaired) electrons. The van der Waals surface area contributed by atoms with E-state index in [1.807, 2.05) is 31.7 Å². The molecule has 0 N–H and O–H groups in total. The van der Waals surface area contributed by atoms with Gasteiger partial charge in [0.15, 0.2) is 0 Å². The molecule has 0 aromatic heterocycles. The van der Waals surface area contributed by atoms with Crippen molar-refractivity contribution in [3.05, 3.63) is 35.9 Å². The summed E-state index contributed by atoms with van der Waals surface area (Å²) in [6, 6.07) is 10.8. The molecule has 1 aromatic carbocycles. The minimum Gasteiger partial charge on any atom is -0.444 e. The van der Waals surface area contributed by atoms with Crippen LogP contribution in [0.25, 0.3) is 0 Å². The fraction of sp³-hybridized carbons (Fsp3) is 0.652. The minimum atomic E-state index is -0.470. The molecule has 1 amide bonds. The largest absolute Gasteiger partial charge is 0.444 e. The van der Waals surface area contributed by atoms with Gasteiger partial charge in [-0.1, -0.05) is 30.3 Å². The van der Waals surface area contributed by atoms with Crippen molar-refractivity contribution in [2.24, 2.45) is 5.92 Å². The second kappa shape index (κ2) is 8.45. The van der Waals surface area contributed by atoms with Gasteiger partial charge in [-0.25, -0.2) is 4.79 Å². The van der Waals surface area contributed by atoms with Crippen molar-refractivity contribution in [3.63, 3.8) is 0 Å². The number of hydrogen-bond acceptors (Lipinski definition) is 3. The van der Waals surface area contributed by atoms with E-state index in [9.17, 15) is 9.59 Å². The van der Waals surface area contributed by atoms with Crippen molar-refractivity contribution < 1.29 is 14.3 Å². The van der Waals surface area contributed by atoms with Gasteiger partial charge in [0.25, 0.3) is 0 Å². The summed E-state index contributed by atoms with van der Waals surface area (Å²) in [7, 11) is 0. The fourth-order valence-electron chi connectivity index (χ4n) is 4.53. The normalized spacial score (nSPS) is 24.7. The maximum Gasteiger partial charge on any atom is 0.410 e. The van der Waals surface area contributed by atoms with Crippen LogP contribution in [-0.2, 0) is 16.0 Å². The first-order valence-corrected chi connectivity index (χ1v) is 10.4. The lowest BCUT2D eigenvalue weighted by molar-refractivity contribution is -0.125. The Kier molecular flexibility index (Phi) is 6.23. The zero-order valence-electron chi connectivity index (χ0n) is 16.9. The lowest BCUT2D eigenvalue weighted by Crippen LogP contribution is -2.49. The van der Waals surface area contributed by atoms with Gasteiger partial charge in [-0.2, -0.15) is 0 Å². The Hall–Kier alpha value is -1.84. The molecule has 2 unspecified atom stereocenters. The number of benzene rings is 1. The van der Waals surface area contributed by atoms with Gasteiger partial charge >= 0.3 is 6.09 Å². The number of hydrogen-bond donors (Lipinski definition) is 0. The SMILES string of the molecule is CC(C)(C)OC(=O)N1C2CCC1CC(C(=O)CCCCc1ccccc1)C2. The van der Waals surface area contributed by atoms with Gasteiger partial charge in [0.1, 0.15) is 11.4 Å². The number of unbranched alkanes of at least 4 members (excludes halogenated alkanes) is 1. The zero-order valence-corrected chi connectivity index (χ0v) is 16.9. The van der Waals surface area contributed by atoms with E-state index in [0.717, 1.165) is 44.9 Å². The Balaban J connectivity index is 1.45. The van der Waals surface area contributed by atoms with E-state index in [4.69, 9.17) is 4.74 Å². The highest BCUT2D eigenvalue weighted by Crippen LogP contribution is 2.40. The van der Waals surface area contributed by atoms with Crippen LogP contribution in [0.5, 0.6) is 0 Å². The van der Waals surface area contributed by atoms with E-state index in [-0.39, 0.29) is 24.1 Å². The number of Topliss-reactive ketones (excluding diaryl/α,β-unsaturated/α-hetero) is 1. The molecule has 2 aliphatic heterocycles. The van der Waals surface area contributed by atoms with Crippen LogP contribution in [0.15, 0.2) is 30.3 Å². The van der Waals surface area contributed by atoms with Crippen LogP contribution in [0, 0.1) is 5.92 Å². The van der Waals surface area contributed by atoms with Crippen LogP contribution in [0.2, 0.25) is 0 Å². The molecule has 2 aliphatic rings. The number of fused-ring (bicyclic) bond motifs is 2. The Morgan fingerprint density at radius 2 is 1.67 bits per heavy atom. The zero-order chi connectivity index (χ0) is 19.4. The molecule has 4 heteroatoms. The van der Waals surface area contributed by atoms with Crippen LogP contribution in [-0.4, -0.2) is 34.5 Å². The van der Waals surface area contributed by atoms with Crippen molar-refractivity contribution in [1.29, 1.82) is 0 Å². The van der Waals surface area contributed by atoms with Crippen molar-refractivity contribution in [2.45, 2.75) is 89.8 Å². The molecule has 2 fully saturated rings. The monoisotopic (exact) mass is 371 g/mol. The maximum absolute atomic E-state index is 12.7. The van der Waals surface area contributed by atoms with Gasteiger partial charge in [0, 0.05) is 24.4 Å². The number of amides is 1. The Morgan fingerprint density at radius 3 is 2.26 bits per heavy atom. The third kappa shape index (κ3) is 5.33. The molecule has 0 spiro atoms. The molecule has 2 bridgehead atoms. The molecule has 0 aliphatic carbocycles. The Morgan fingerprint density at radius 1 is 1.04 bits per heavy atom. The third-order valence-electron chi connectivity index (χ3n) is 5.77. The average Bonchev–Trinajstić information content (AvgIpc) is 2.88. The summed E-state index contributed by atoms with van der Waals surface area (Å²) in [6.45, 7) is 5.70. The summed E-state index contributed by atoms with van der Waals surface area (Å²) < 4.78 is 5.58. The molecular formula is C23H33NO3. The van der Waals surface area contributed by atoms with Crippen molar-refractivity contribution in [2.75, 3.05) is 0 Å². The number of ketones is 1. The van der Waals surface area contributed by atoms with Crippen LogP contribution in [0.4, 0.5) is 4.79 Å². The van der Waals surface area contributed by atoms with Gasteiger partial charge in [0.05, 0.1) is 0 Å². The smallest absolute Gasteiger partial charge is 0.410 e. The second-order valence-corrected chi connectivity index (χ2v) is 9.10. The maximum atomic E-state index is 12.7. The van der Waals surface area contributed by atoms with Gasteiger partial charge in [-0.3, -0.25) is 4.79 Å².